The molecule has 0 saturated heterocycles. The van der Waals surface area contributed by atoms with E-state index >= 15 is 0 Å². The molecule has 0 aliphatic heterocycles. The van der Waals surface area contributed by atoms with Gasteiger partial charge in [-0.05, 0) is 35.7 Å². The Balaban J connectivity index is 1.75. The van der Waals surface area contributed by atoms with E-state index in [9.17, 15) is 4.79 Å². The zero-order valence-electron chi connectivity index (χ0n) is 14.4. The number of benzene rings is 2. The molecule has 1 unspecified atom stereocenters. The summed E-state index contributed by atoms with van der Waals surface area (Å²) in [5.41, 5.74) is 10.7. The van der Waals surface area contributed by atoms with Gasteiger partial charge in [-0.2, -0.15) is 10.2 Å². The van der Waals surface area contributed by atoms with E-state index in [-0.39, 0.29) is 6.04 Å². The maximum Gasteiger partial charge on any atom is 0.411 e. The molecule has 1 atom stereocenters. The number of nitrogens with one attached hydrogen (secondary N) is 1. The standard InChI is InChI=1S/C20H20N4O2/c1-26-20(25)23-17-9-7-15(8-10-17)19-12-16(13-22-24-19)18(21)11-14-5-3-2-4-6-14/h2-10,12-13,18H,11,21H2,1H3,(H,23,25). The molecule has 3 rings (SSSR count). The molecular weight excluding hydrogens is 328 g/mol. The normalized spacial score (nSPS) is 11.6. The molecule has 1 amide bonds. The molecule has 132 valence electrons. The number of aromatic nitrogens is 2. The second kappa shape index (κ2) is 8.22. The minimum atomic E-state index is -0.508. The van der Waals surface area contributed by atoms with Crippen molar-refractivity contribution >= 4 is 11.8 Å². The molecular formula is C20H20N4O2. The molecule has 26 heavy (non-hydrogen) atoms. The maximum atomic E-state index is 11.2. The minimum absolute atomic E-state index is 0.160. The number of ether oxygens (including phenoxy) is 1. The third kappa shape index (κ3) is 4.43. The van der Waals surface area contributed by atoms with Crippen LogP contribution in [0.4, 0.5) is 10.5 Å². The molecule has 1 heterocycles. The van der Waals surface area contributed by atoms with Crippen LogP contribution in [0, 0.1) is 0 Å². The van der Waals surface area contributed by atoms with E-state index in [2.05, 4.69) is 32.4 Å². The Bertz CT molecular complexity index is 866. The number of hydrogen-bond acceptors (Lipinski definition) is 5. The highest BCUT2D eigenvalue weighted by atomic mass is 16.5. The van der Waals surface area contributed by atoms with Crippen molar-refractivity contribution < 1.29 is 9.53 Å². The van der Waals surface area contributed by atoms with Gasteiger partial charge in [-0.25, -0.2) is 4.79 Å². The van der Waals surface area contributed by atoms with E-state index in [4.69, 9.17) is 5.73 Å². The summed E-state index contributed by atoms with van der Waals surface area (Å²) in [4.78, 5) is 11.2. The zero-order chi connectivity index (χ0) is 18.4. The lowest BCUT2D eigenvalue weighted by Gasteiger charge is -2.12. The molecule has 2 aromatic carbocycles. The lowest BCUT2D eigenvalue weighted by molar-refractivity contribution is 0.187. The van der Waals surface area contributed by atoms with Gasteiger partial charge in [0.1, 0.15) is 0 Å². The van der Waals surface area contributed by atoms with Gasteiger partial charge in [0.25, 0.3) is 0 Å². The summed E-state index contributed by atoms with van der Waals surface area (Å²) in [5.74, 6) is 0. The molecule has 0 aliphatic rings. The summed E-state index contributed by atoms with van der Waals surface area (Å²) in [6, 6.07) is 19.2. The highest BCUT2D eigenvalue weighted by Crippen LogP contribution is 2.23. The van der Waals surface area contributed by atoms with Crippen LogP contribution in [0.1, 0.15) is 17.2 Å². The van der Waals surface area contributed by atoms with Crippen LogP contribution in [0.3, 0.4) is 0 Å². The summed E-state index contributed by atoms with van der Waals surface area (Å²) in [6.07, 6.45) is 1.92. The zero-order valence-corrected chi connectivity index (χ0v) is 14.4. The van der Waals surface area contributed by atoms with Crippen molar-refractivity contribution in [3.05, 3.63) is 78.0 Å². The van der Waals surface area contributed by atoms with Crippen LogP contribution >= 0.6 is 0 Å². The van der Waals surface area contributed by atoms with Gasteiger partial charge in [-0.3, -0.25) is 5.32 Å². The molecule has 0 saturated carbocycles. The topological polar surface area (TPSA) is 90.1 Å². The van der Waals surface area contributed by atoms with Gasteiger partial charge in [0.2, 0.25) is 0 Å². The molecule has 0 radical (unpaired) electrons. The summed E-state index contributed by atoms with van der Waals surface area (Å²) >= 11 is 0. The third-order valence-corrected chi connectivity index (χ3v) is 4.01. The maximum absolute atomic E-state index is 11.2. The van der Waals surface area contributed by atoms with Crippen molar-refractivity contribution in [2.45, 2.75) is 12.5 Å². The van der Waals surface area contributed by atoms with Gasteiger partial charge >= 0.3 is 6.09 Å². The van der Waals surface area contributed by atoms with Crippen LogP contribution < -0.4 is 11.1 Å². The van der Waals surface area contributed by atoms with Gasteiger partial charge in [-0.15, -0.1) is 0 Å². The van der Waals surface area contributed by atoms with Gasteiger partial charge in [0.05, 0.1) is 19.0 Å². The average molecular weight is 348 g/mol. The van der Waals surface area contributed by atoms with Crippen LogP contribution in [0.5, 0.6) is 0 Å². The largest absolute Gasteiger partial charge is 0.453 e. The van der Waals surface area contributed by atoms with Crippen LogP contribution in [-0.4, -0.2) is 23.4 Å². The number of nitrogens with zero attached hydrogens (tertiary/aromatic N) is 2. The smallest absolute Gasteiger partial charge is 0.411 e. The van der Waals surface area contributed by atoms with Crippen LogP contribution in [0.15, 0.2) is 66.9 Å². The first-order valence-electron chi connectivity index (χ1n) is 8.23. The number of amides is 1. The molecule has 6 nitrogen and oxygen atoms in total. The first kappa shape index (κ1) is 17.6. The van der Waals surface area contributed by atoms with Crippen molar-refractivity contribution in [3.8, 4) is 11.3 Å². The lowest BCUT2D eigenvalue weighted by atomic mass is 10.00. The Hall–Kier alpha value is -3.25. The Morgan fingerprint density at radius 1 is 1.15 bits per heavy atom. The molecule has 0 fully saturated rings. The predicted octanol–water partition coefficient (Wildman–Crippen LogP) is 3.56. The SMILES string of the molecule is COC(=O)Nc1ccc(-c2cc(C(N)Cc3ccccc3)cnn2)cc1. The van der Waals surface area contributed by atoms with Gasteiger partial charge in [0, 0.05) is 17.3 Å². The van der Waals surface area contributed by atoms with Crippen molar-refractivity contribution in [2.75, 3.05) is 12.4 Å². The highest BCUT2D eigenvalue weighted by molar-refractivity contribution is 5.84. The predicted molar refractivity (Wildman–Crippen MR) is 101 cm³/mol. The fourth-order valence-corrected chi connectivity index (χ4v) is 2.60. The van der Waals surface area contributed by atoms with Crippen LogP contribution in [0.25, 0.3) is 11.3 Å². The summed E-state index contributed by atoms with van der Waals surface area (Å²) in [6.45, 7) is 0. The minimum Gasteiger partial charge on any atom is -0.453 e. The second-order valence-electron chi connectivity index (χ2n) is 5.86. The van der Waals surface area contributed by atoms with Gasteiger partial charge in [-0.1, -0.05) is 42.5 Å². The van der Waals surface area contributed by atoms with Crippen LogP contribution in [0.2, 0.25) is 0 Å². The first-order chi connectivity index (χ1) is 12.7. The molecule has 0 bridgehead atoms. The summed E-state index contributed by atoms with van der Waals surface area (Å²) in [5, 5.41) is 10.9. The summed E-state index contributed by atoms with van der Waals surface area (Å²) < 4.78 is 4.57. The molecule has 0 aliphatic carbocycles. The van der Waals surface area contributed by atoms with Gasteiger partial charge < -0.3 is 10.5 Å². The summed E-state index contributed by atoms with van der Waals surface area (Å²) in [7, 11) is 1.32. The average Bonchev–Trinajstić information content (AvgIpc) is 2.69. The molecule has 0 spiro atoms. The Morgan fingerprint density at radius 2 is 1.88 bits per heavy atom. The van der Waals surface area contributed by atoms with Crippen molar-refractivity contribution in [1.29, 1.82) is 0 Å². The lowest BCUT2D eigenvalue weighted by Crippen LogP contribution is -2.14. The van der Waals surface area contributed by atoms with Crippen molar-refractivity contribution in [1.82, 2.24) is 10.2 Å². The number of anilines is 1. The quantitative estimate of drug-likeness (QED) is 0.736. The first-order valence-corrected chi connectivity index (χ1v) is 8.23. The molecule has 3 N–H and O–H groups in total. The van der Waals surface area contributed by atoms with E-state index in [1.54, 1.807) is 18.3 Å². The molecule has 1 aromatic heterocycles. The fourth-order valence-electron chi connectivity index (χ4n) is 2.60. The van der Waals surface area contributed by atoms with Crippen molar-refractivity contribution in [3.63, 3.8) is 0 Å². The number of rotatable bonds is 5. The number of carbonyl (C=O) groups is 1. The number of methoxy groups -OCH3 is 1. The second-order valence-corrected chi connectivity index (χ2v) is 5.86. The van der Waals surface area contributed by atoms with Crippen LogP contribution in [-0.2, 0) is 11.2 Å². The van der Waals surface area contributed by atoms with E-state index in [1.807, 2.05) is 36.4 Å². The molecule has 6 heteroatoms. The fraction of sp³-hybridized carbons (Fsp3) is 0.150. The number of carbonyl (C=O) groups excluding carboxylic acids is 1. The Labute approximate surface area is 152 Å². The highest BCUT2D eigenvalue weighted by Gasteiger charge is 2.10. The van der Waals surface area contributed by atoms with Crippen molar-refractivity contribution in [2.24, 2.45) is 5.73 Å². The Kier molecular flexibility index (Phi) is 5.56. The van der Waals surface area contributed by atoms with E-state index in [0.29, 0.717) is 5.69 Å². The monoisotopic (exact) mass is 348 g/mol. The van der Waals surface area contributed by atoms with E-state index in [0.717, 1.165) is 23.2 Å². The number of hydrogen-bond donors (Lipinski definition) is 2. The third-order valence-electron chi connectivity index (χ3n) is 4.01. The molecule has 3 aromatic rings. The number of nitrogens with two attached hydrogens (primary N) is 1. The van der Waals surface area contributed by atoms with E-state index in [1.165, 1.54) is 12.7 Å². The van der Waals surface area contributed by atoms with Gasteiger partial charge in [0.15, 0.2) is 0 Å². The Morgan fingerprint density at radius 3 is 2.58 bits per heavy atom. The van der Waals surface area contributed by atoms with E-state index < -0.39 is 6.09 Å².